The SMILES string of the molecule is COCCN1CN(C)n2cc(C(=O)NCCN3CCOCC3)c(=O)c(O)c2C1=O. The number of carbonyl (C=O) groups excluding carboxylic acids is 2. The Morgan fingerprint density at radius 1 is 1.28 bits per heavy atom. The van der Waals surface area contributed by atoms with Gasteiger partial charge in [0.05, 0.1) is 19.8 Å². The minimum absolute atomic E-state index is 0.162. The molecule has 2 N–H and O–H groups in total. The Morgan fingerprint density at radius 2 is 2.00 bits per heavy atom. The highest BCUT2D eigenvalue weighted by molar-refractivity contribution is 5.99. The average Bonchev–Trinajstić information content (AvgIpc) is 2.72. The second kappa shape index (κ2) is 9.25. The minimum atomic E-state index is -0.865. The van der Waals surface area contributed by atoms with Crippen molar-refractivity contribution in [2.75, 3.05) is 78.4 Å². The Kier molecular flexibility index (Phi) is 6.72. The molecule has 0 spiro atoms. The lowest BCUT2D eigenvalue weighted by Crippen LogP contribution is -2.53. The number of methoxy groups -OCH3 is 1. The molecular formula is C18H27N5O6. The maximum absolute atomic E-state index is 12.7. The molecule has 0 aliphatic carbocycles. The summed E-state index contributed by atoms with van der Waals surface area (Å²) in [6, 6.07) is 0. The van der Waals surface area contributed by atoms with Crippen LogP contribution in [0.25, 0.3) is 0 Å². The number of aromatic hydroxyl groups is 1. The molecule has 0 saturated carbocycles. The zero-order chi connectivity index (χ0) is 21.0. The van der Waals surface area contributed by atoms with E-state index in [4.69, 9.17) is 9.47 Å². The summed E-state index contributed by atoms with van der Waals surface area (Å²) in [7, 11) is 3.22. The highest BCUT2D eigenvalue weighted by Gasteiger charge is 2.32. The number of fused-ring (bicyclic) bond motifs is 1. The third-order valence-corrected chi connectivity index (χ3v) is 5.02. The van der Waals surface area contributed by atoms with E-state index in [1.807, 2.05) is 0 Å². The normalized spacial score (nSPS) is 17.4. The van der Waals surface area contributed by atoms with Gasteiger partial charge in [0.1, 0.15) is 12.2 Å². The Hall–Kier alpha value is -2.63. The van der Waals surface area contributed by atoms with E-state index in [-0.39, 0.29) is 17.9 Å². The fourth-order valence-corrected chi connectivity index (χ4v) is 3.37. The fourth-order valence-electron chi connectivity index (χ4n) is 3.37. The van der Waals surface area contributed by atoms with Crippen LogP contribution < -0.4 is 15.8 Å². The molecule has 3 rings (SSSR count). The highest BCUT2D eigenvalue weighted by Crippen LogP contribution is 2.20. The number of amides is 2. The van der Waals surface area contributed by atoms with Gasteiger partial charge in [-0.1, -0.05) is 0 Å². The molecule has 1 aromatic heterocycles. The van der Waals surface area contributed by atoms with Gasteiger partial charge in [0.2, 0.25) is 5.43 Å². The molecule has 0 unspecified atom stereocenters. The molecule has 11 heteroatoms. The van der Waals surface area contributed by atoms with Crippen LogP contribution in [0.1, 0.15) is 20.8 Å². The van der Waals surface area contributed by atoms with E-state index in [0.717, 1.165) is 13.1 Å². The summed E-state index contributed by atoms with van der Waals surface area (Å²) < 4.78 is 11.6. The summed E-state index contributed by atoms with van der Waals surface area (Å²) in [5.74, 6) is -1.81. The van der Waals surface area contributed by atoms with Crippen LogP contribution in [0.4, 0.5) is 0 Å². The first-order valence-corrected chi connectivity index (χ1v) is 9.50. The van der Waals surface area contributed by atoms with Gasteiger partial charge >= 0.3 is 0 Å². The van der Waals surface area contributed by atoms with Crippen LogP contribution >= 0.6 is 0 Å². The summed E-state index contributed by atoms with van der Waals surface area (Å²) in [6.45, 7) is 4.79. The molecule has 1 fully saturated rings. The molecule has 2 aliphatic rings. The second-order valence-electron chi connectivity index (χ2n) is 6.98. The summed E-state index contributed by atoms with van der Waals surface area (Å²) in [5.41, 5.74) is -1.24. The van der Waals surface area contributed by atoms with Crippen LogP contribution in [0.3, 0.4) is 0 Å². The number of aromatic nitrogens is 1. The first kappa shape index (κ1) is 21.1. The van der Waals surface area contributed by atoms with E-state index in [0.29, 0.717) is 39.5 Å². The summed E-state index contributed by atoms with van der Waals surface area (Å²) in [4.78, 5) is 41.4. The third-order valence-electron chi connectivity index (χ3n) is 5.02. The molecule has 0 atom stereocenters. The number of pyridine rings is 1. The van der Waals surface area contributed by atoms with Crippen LogP contribution in [0.5, 0.6) is 5.75 Å². The first-order chi connectivity index (χ1) is 13.9. The maximum Gasteiger partial charge on any atom is 0.277 e. The molecule has 2 amide bonds. The minimum Gasteiger partial charge on any atom is -0.502 e. The molecular weight excluding hydrogens is 382 g/mol. The molecule has 0 aromatic carbocycles. The van der Waals surface area contributed by atoms with Gasteiger partial charge in [-0.2, -0.15) is 0 Å². The number of hydrogen-bond acceptors (Lipinski definition) is 8. The monoisotopic (exact) mass is 409 g/mol. The standard InChI is InChI=1S/C18H27N5O6/c1-20-12-22(7-8-28-2)18(27)14-16(25)15(24)13(11-23(14)20)17(26)19-3-4-21-5-9-29-10-6-21/h11,25H,3-10,12H2,1-2H3,(H,19,26). The molecule has 160 valence electrons. The third kappa shape index (κ3) is 4.52. The Morgan fingerprint density at radius 3 is 2.69 bits per heavy atom. The largest absolute Gasteiger partial charge is 0.502 e. The van der Waals surface area contributed by atoms with E-state index in [2.05, 4.69) is 10.2 Å². The van der Waals surface area contributed by atoms with E-state index in [9.17, 15) is 19.5 Å². The summed E-state index contributed by atoms with van der Waals surface area (Å²) in [5, 5.41) is 14.7. The molecule has 3 heterocycles. The predicted octanol–water partition coefficient (Wildman–Crippen LogP) is -1.76. The molecule has 0 radical (unpaired) electrons. The molecule has 1 aromatic rings. The molecule has 11 nitrogen and oxygen atoms in total. The van der Waals surface area contributed by atoms with Crippen LogP contribution in [0, 0.1) is 0 Å². The van der Waals surface area contributed by atoms with E-state index < -0.39 is 23.0 Å². The van der Waals surface area contributed by atoms with Crippen LogP contribution in [0.15, 0.2) is 11.0 Å². The van der Waals surface area contributed by atoms with Crippen molar-refractivity contribution in [2.24, 2.45) is 0 Å². The highest BCUT2D eigenvalue weighted by atomic mass is 16.5. The van der Waals surface area contributed by atoms with Gasteiger partial charge in [-0.05, 0) is 0 Å². The van der Waals surface area contributed by atoms with Crippen LogP contribution in [-0.4, -0.2) is 105 Å². The Balaban J connectivity index is 1.75. The van der Waals surface area contributed by atoms with E-state index in [1.165, 1.54) is 22.9 Å². The topological polar surface area (TPSA) is 117 Å². The lowest BCUT2D eigenvalue weighted by Gasteiger charge is -2.37. The zero-order valence-electron chi connectivity index (χ0n) is 16.7. The fraction of sp³-hybridized carbons (Fsp3) is 0.611. The van der Waals surface area contributed by atoms with Gasteiger partial charge in [-0.3, -0.25) is 29.0 Å². The van der Waals surface area contributed by atoms with E-state index >= 15 is 0 Å². The van der Waals surface area contributed by atoms with Crippen molar-refractivity contribution < 1.29 is 24.2 Å². The lowest BCUT2D eigenvalue weighted by molar-refractivity contribution is 0.0383. The average molecular weight is 409 g/mol. The molecule has 2 aliphatic heterocycles. The van der Waals surface area contributed by atoms with Crippen molar-refractivity contribution >= 4 is 11.8 Å². The number of rotatable bonds is 7. The number of nitrogens with one attached hydrogen (secondary N) is 1. The van der Waals surface area contributed by atoms with Crippen molar-refractivity contribution in [3.05, 3.63) is 27.7 Å². The number of carbonyl (C=O) groups is 2. The number of hydrogen-bond donors (Lipinski definition) is 2. The number of ether oxygens (including phenoxy) is 2. The molecule has 1 saturated heterocycles. The van der Waals surface area contributed by atoms with Crippen molar-refractivity contribution in [1.82, 2.24) is 19.8 Å². The van der Waals surface area contributed by atoms with Crippen LogP contribution in [0.2, 0.25) is 0 Å². The van der Waals surface area contributed by atoms with Crippen molar-refractivity contribution in [2.45, 2.75) is 0 Å². The predicted molar refractivity (Wildman–Crippen MR) is 104 cm³/mol. The Labute approximate surface area is 168 Å². The van der Waals surface area contributed by atoms with Gasteiger partial charge < -0.3 is 24.8 Å². The van der Waals surface area contributed by atoms with Crippen molar-refractivity contribution in [1.29, 1.82) is 0 Å². The molecule has 29 heavy (non-hydrogen) atoms. The second-order valence-corrected chi connectivity index (χ2v) is 6.98. The van der Waals surface area contributed by atoms with E-state index in [1.54, 1.807) is 12.1 Å². The number of morpholine rings is 1. The number of nitrogens with zero attached hydrogens (tertiary/aromatic N) is 4. The van der Waals surface area contributed by atoms with Crippen LogP contribution in [-0.2, 0) is 9.47 Å². The van der Waals surface area contributed by atoms with Gasteiger partial charge in [0.15, 0.2) is 11.4 Å². The van der Waals surface area contributed by atoms with Crippen molar-refractivity contribution in [3.8, 4) is 5.75 Å². The maximum atomic E-state index is 12.7. The quantitative estimate of drug-likeness (QED) is 0.544. The lowest BCUT2D eigenvalue weighted by atomic mass is 10.1. The summed E-state index contributed by atoms with van der Waals surface area (Å²) in [6.07, 6.45) is 1.30. The first-order valence-electron chi connectivity index (χ1n) is 9.50. The summed E-state index contributed by atoms with van der Waals surface area (Å²) >= 11 is 0. The van der Waals surface area contributed by atoms with Gasteiger partial charge in [0.25, 0.3) is 11.8 Å². The molecule has 0 bridgehead atoms. The van der Waals surface area contributed by atoms with Gasteiger partial charge in [0, 0.05) is 53.1 Å². The van der Waals surface area contributed by atoms with Crippen molar-refractivity contribution in [3.63, 3.8) is 0 Å². The van der Waals surface area contributed by atoms with Gasteiger partial charge in [-0.25, -0.2) is 0 Å². The zero-order valence-corrected chi connectivity index (χ0v) is 16.7. The Bertz CT molecular complexity index is 820. The van der Waals surface area contributed by atoms with Gasteiger partial charge in [-0.15, -0.1) is 0 Å². The smallest absolute Gasteiger partial charge is 0.277 e.